The van der Waals surface area contributed by atoms with E-state index < -0.39 is 39.8 Å². The number of ether oxygens (including phenoxy) is 2. The zero-order chi connectivity index (χ0) is 19.3. The molecule has 0 amide bonds. The third-order valence-corrected chi connectivity index (χ3v) is 5.88. The number of sulfonamides is 1. The van der Waals surface area contributed by atoms with Crippen LogP contribution in [0.5, 0.6) is 0 Å². The number of nitrogens with one attached hydrogen (secondary N) is 1. The molecule has 8 heteroatoms. The van der Waals surface area contributed by atoms with Crippen LogP contribution in [0.1, 0.15) is 18.4 Å². The van der Waals surface area contributed by atoms with Crippen LogP contribution >= 0.6 is 0 Å². The van der Waals surface area contributed by atoms with Gasteiger partial charge in [-0.05, 0) is 31.9 Å². The molecule has 1 aromatic rings. The van der Waals surface area contributed by atoms with Crippen molar-refractivity contribution < 1.29 is 27.5 Å². The highest BCUT2D eigenvalue weighted by Crippen LogP contribution is 2.27. The molecule has 0 aromatic heterocycles. The van der Waals surface area contributed by atoms with Gasteiger partial charge in [-0.2, -0.15) is 0 Å². The maximum atomic E-state index is 12.4. The Morgan fingerprint density at radius 2 is 1.62 bits per heavy atom. The standard InChI is InChI=1S/C18H23NO6S/c1-12-4-10-15(11-5-12)26(22,23)19-14-8-6-13(7-9-14)16(17(20)24-2)18(21)25-3/h4-6,8,10-11,13-14,16,19H,7,9H2,1-3H3/t13-,14+/m1/s1. The molecule has 0 saturated carbocycles. The summed E-state index contributed by atoms with van der Waals surface area (Å²) >= 11 is 0. The van der Waals surface area contributed by atoms with E-state index in [1.54, 1.807) is 36.4 Å². The van der Waals surface area contributed by atoms with Crippen LogP contribution in [0.3, 0.4) is 0 Å². The summed E-state index contributed by atoms with van der Waals surface area (Å²) in [6, 6.07) is 6.17. The number of esters is 2. The topological polar surface area (TPSA) is 98.8 Å². The molecule has 7 nitrogen and oxygen atoms in total. The molecule has 0 unspecified atom stereocenters. The molecular formula is C18H23NO6S. The maximum Gasteiger partial charge on any atom is 0.320 e. The number of carbonyl (C=O) groups excluding carboxylic acids is 2. The first-order valence-corrected chi connectivity index (χ1v) is 9.69. The van der Waals surface area contributed by atoms with Gasteiger partial charge in [-0.25, -0.2) is 13.1 Å². The minimum absolute atomic E-state index is 0.195. The van der Waals surface area contributed by atoms with E-state index in [2.05, 4.69) is 14.2 Å². The van der Waals surface area contributed by atoms with Crippen molar-refractivity contribution in [3.63, 3.8) is 0 Å². The van der Waals surface area contributed by atoms with Crippen molar-refractivity contribution in [1.82, 2.24) is 4.72 Å². The minimum atomic E-state index is -3.64. The Morgan fingerprint density at radius 3 is 2.08 bits per heavy atom. The molecule has 2 atom stereocenters. The van der Waals surface area contributed by atoms with Gasteiger partial charge in [-0.15, -0.1) is 0 Å². The molecule has 0 heterocycles. The average molecular weight is 381 g/mol. The molecule has 1 aromatic carbocycles. The maximum absolute atomic E-state index is 12.4. The highest BCUT2D eigenvalue weighted by Gasteiger charge is 2.37. The van der Waals surface area contributed by atoms with Crippen molar-refractivity contribution >= 4 is 22.0 Å². The highest BCUT2D eigenvalue weighted by atomic mass is 32.2. The third kappa shape index (κ3) is 4.70. The van der Waals surface area contributed by atoms with Gasteiger partial charge in [0.1, 0.15) is 0 Å². The van der Waals surface area contributed by atoms with E-state index in [1.807, 2.05) is 6.92 Å². The van der Waals surface area contributed by atoms with Gasteiger partial charge in [-0.1, -0.05) is 29.8 Å². The summed E-state index contributed by atoms with van der Waals surface area (Å²) in [5.41, 5.74) is 0.973. The van der Waals surface area contributed by atoms with Crippen LogP contribution in [0.4, 0.5) is 0 Å². The smallest absolute Gasteiger partial charge is 0.320 e. The molecule has 1 aliphatic carbocycles. The quantitative estimate of drug-likeness (QED) is 0.456. The summed E-state index contributed by atoms with van der Waals surface area (Å²) in [6.45, 7) is 1.88. The Balaban J connectivity index is 2.09. The normalized spacial score (nSPS) is 20.0. The van der Waals surface area contributed by atoms with Crippen LogP contribution in [0, 0.1) is 18.8 Å². The van der Waals surface area contributed by atoms with Crippen LogP contribution in [-0.4, -0.2) is 40.6 Å². The fraction of sp³-hybridized carbons (Fsp3) is 0.444. The van der Waals surface area contributed by atoms with Crippen LogP contribution in [0.15, 0.2) is 41.3 Å². The van der Waals surface area contributed by atoms with Crippen molar-refractivity contribution in [1.29, 1.82) is 0 Å². The Morgan fingerprint density at radius 1 is 1.04 bits per heavy atom. The van der Waals surface area contributed by atoms with E-state index in [9.17, 15) is 18.0 Å². The number of allylic oxidation sites excluding steroid dienone is 1. The molecule has 2 rings (SSSR count). The summed E-state index contributed by atoms with van der Waals surface area (Å²) in [5, 5.41) is 0. The summed E-state index contributed by atoms with van der Waals surface area (Å²) in [6.07, 6.45) is 4.24. The lowest BCUT2D eigenvalue weighted by molar-refractivity contribution is -0.160. The number of aryl methyl sites for hydroxylation is 1. The number of benzene rings is 1. The number of rotatable bonds is 6. The van der Waals surface area contributed by atoms with Crippen LogP contribution in [-0.2, 0) is 29.1 Å². The summed E-state index contributed by atoms with van der Waals surface area (Å²) in [7, 11) is -1.22. The molecular weight excluding hydrogens is 358 g/mol. The molecule has 0 spiro atoms. The predicted octanol–water partition coefficient (Wildman–Crippen LogP) is 1.57. The van der Waals surface area contributed by atoms with E-state index in [4.69, 9.17) is 0 Å². The Labute approximate surface area is 153 Å². The molecule has 0 saturated heterocycles. The number of carbonyl (C=O) groups is 2. The van der Waals surface area contributed by atoms with Crippen molar-refractivity contribution in [3.8, 4) is 0 Å². The molecule has 26 heavy (non-hydrogen) atoms. The Bertz CT molecular complexity index is 768. The number of hydrogen-bond donors (Lipinski definition) is 1. The molecule has 1 aliphatic rings. The zero-order valence-corrected chi connectivity index (χ0v) is 15.8. The van der Waals surface area contributed by atoms with Gasteiger partial charge in [0, 0.05) is 12.0 Å². The average Bonchev–Trinajstić information content (AvgIpc) is 2.63. The van der Waals surface area contributed by atoms with Crippen molar-refractivity contribution in [2.45, 2.75) is 30.7 Å². The largest absolute Gasteiger partial charge is 0.468 e. The van der Waals surface area contributed by atoms with Gasteiger partial charge in [0.05, 0.1) is 19.1 Å². The van der Waals surface area contributed by atoms with Crippen molar-refractivity contribution in [2.75, 3.05) is 14.2 Å². The van der Waals surface area contributed by atoms with Crippen LogP contribution in [0.2, 0.25) is 0 Å². The molecule has 0 radical (unpaired) electrons. The lowest BCUT2D eigenvalue weighted by Crippen LogP contribution is -2.39. The summed E-state index contributed by atoms with van der Waals surface area (Å²) < 4.78 is 36.9. The van der Waals surface area contributed by atoms with Gasteiger partial charge in [0.25, 0.3) is 0 Å². The van der Waals surface area contributed by atoms with E-state index >= 15 is 0 Å². The lowest BCUT2D eigenvalue weighted by Gasteiger charge is -2.27. The lowest BCUT2D eigenvalue weighted by atomic mass is 9.83. The second-order valence-corrected chi connectivity index (χ2v) is 7.90. The van der Waals surface area contributed by atoms with Gasteiger partial charge in [0.2, 0.25) is 10.0 Å². The molecule has 1 N–H and O–H groups in total. The Hall–Kier alpha value is -2.19. The van der Waals surface area contributed by atoms with E-state index in [1.165, 1.54) is 14.2 Å². The summed E-state index contributed by atoms with van der Waals surface area (Å²) in [4.78, 5) is 23.9. The van der Waals surface area contributed by atoms with Crippen molar-refractivity contribution in [3.05, 3.63) is 42.0 Å². The molecule has 0 bridgehead atoms. The van der Waals surface area contributed by atoms with Gasteiger partial charge >= 0.3 is 11.9 Å². The van der Waals surface area contributed by atoms with Gasteiger partial charge in [-0.3, -0.25) is 9.59 Å². The monoisotopic (exact) mass is 381 g/mol. The second kappa shape index (κ2) is 8.46. The fourth-order valence-corrected chi connectivity index (χ4v) is 4.13. The van der Waals surface area contributed by atoms with Crippen LogP contribution in [0.25, 0.3) is 0 Å². The number of hydrogen-bond acceptors (Lipinski definition) is 6. The van der Waals surface area contributed by atoms with E-state index in [0.717, 1.165) is 5.56 Å². The molecule has 142 valence electrons. The first kappa shape index (κ1) is 20.1. The van der Waals surface area contributed by atoms with E-state index in [0.29, 0.717) is 12.8 Å². The highest BCUT2D eigenvalue weighted by molar-refractivity contribution is 7.89. The molecule has 0 fully saturated rings. The first-order valence-electron chi connectivity index (χ1n) is 8.21. The van der Waals surface area contributed by atoms with Crippen LogP contribution < -0.4 is 4.72 Å². The minimum Gasteiger partial charge on any atom is -0.468 e. The Kier molecular flexibility index (Phi) is 6.55. The summed E-state index contributed by atoms with van der Waals surface area (Å²) in [5.74, 6) is -2.76. The molecule has 0 aliphatic heterocycles. The number of methoxy groups -OCH3 is 2. The SMILES string of the molecule is COC(=O)C(C(=O)OC)[C@@H]1C=C[C@H](NS(=O)(=O)c2ccc(C)cc2)CC1. The fourth-order valence-electron chi connectivity index (χ4n) is 2.90. The van der Waals surface area contributed by atoms with E-state index in [-0.39, 0.29) is 4.90 Å². The second-order valence-electron chi connectivity index (χ2n) is 6.19. The van der Waals surface area contributed by atoms with Gasteiger partial charge in [0.15, 0.2) is 5.92 Å². The third-order valence-electron chi connectivity index (χ3n) is 4.38. The zero-order valence-electron chi connectivity index (χ0n) is 15.0. The first-order chi connectivity index (χ1) is 12.3. The van der Waals surface area contributed by atoms with Gasteiger partial charge < -0.3 is 9.47 Å². The van der Waals surface area contributed by atoms with Crippen molar-refractivity contribution in [2.24, 2.45) is 11.8 Å². The predicted molar refractivity (Wildman–Crippen MR) is 94.7 cm³/mol.